The predicted octanol–water partition coefficient (Wildman–Crippen LogP) is 3.27. The van der Waals surface area contributed by atoms with Crippen molar-refractivity contribution in [2.75, 3.05) is 13.2 Å². The normalized spacial score (nSPS) is 13.2. The summed E-state index contributed by atoms with van der Waals surface area (Å²) in [6, 6.07) is 7.78. The second kappa shape index (κ2) is 9.66. The average molecular weight is 411 g/mol. The van der Waals surface area contributed by atoms with Gasteiger partial charge in [0.05, 0.1) is 31.1 Å². The van der Waals surface area contributed by atoms with E-state index in [2.05, 4.69) is 0 Å². The minimum Gasteiger partial charge on any atom is -0.463 e. The molecule has 0 bridgehead atoms. The summed E-state index contributed by atoms with van der Waals surface area (Å²) in [4.78, 5) is 24.0. The molecule has 0 unspecified atom stereocenters. The third kappa shape index (κ3) is 6.48. The lowest BCUT2D eigenvalue weighted by Crippen LogP contribution is -2.29. The summed E-state index contributed by atoms with van der Waals surface area (Å²) in [5.41, 5.74) is 0. The molecule has 6 nitrogen and oxygen atoms in total. The highest BCUT2D eigenvalue weighted by molar-refractivity contribution is 7.95. The molecule has 0 saturated heterocycles. The van der Waals surface area contributed by atoms with Crippen LogP contribution < -0.4 is 0 Å². The second-order valence-corrected chi connectivity index (χ2v) is 13.6. The Morgan fingerprint density at radius 3 is 1.85 bits per heavy atom. The van der Waals surface area contributed by atoms with Gasteiger partial charge in [-0.25, -0.2) is 18.0 Å². The van der Waals surface area contributed by atoms with Crippen LogP contribution in [0.5, 0.6) is 0 Å². The van der Waals surface area contributed by atoms with Gasteiger partial charge in [0.2, 0.25) is 9.84 Å². The Kier molecular flexibility index (Phi) is 8.17. The van der Waals surface area contributed by atoms with Gasteiger partial charge >= 0.3 is 11.9 Å². The molecule has 0 radical (unpaired) electrons. The van der Waals surface area contributed by atoms with Gasteiger partial charge in [-0.1, -0.05) is 37.8 Å². The molecule has 8 heteroatoms. The van der Waals surface area contributed by atoms with E-state index in [1.54, 1.807) is 32.0 Å². The summed E-state index contributed by atoms with van der Waals surface area (Å²) >= 11 is 0. The van der Waals surface area contributed by atoms with Crippen LogP contribution >= 0.6 is 0 Å². The number of carbonyl (C=O) groups is 2. The third-order valence-electron chi connectivity index (χ3n) is 3.50. The highest BCUT2D eigenvalue weighted by atomic mass is 32.2. The summed E-state index contributed by atoms with van der Waals surface area (Å²) < 4.78 is 36.4. The largest absolute Gasteiger partial charge is 0.463 e. The van der Waals surface area contributed by atoms with Gasteiger partial charge < -0.3 is 9.47 Å². The van der Waals surface area contributed by atoms with Gasteiger partial charge in [0.1, 0.15) is 0 Å². The molecule has 1 aromatic carbocycles. The van der Waals surface area contributed by atoms with E-state index in [0.29, 0.717) is 5.20 Å². The summed E-state index contributed by atoms with van der Waals surface area (Å²) in [7, 11) is -6.41. The van der Waals surface area contributed by atoms with Crippen LogP contribution in [0.1, 0.15) is 13.8 Å². The molecule has 148 valence electrons. The predicted molar refractivity (Wildman–Crippen MR) is 106 cm³/mol. The second-order valence-electron chi connectivity index (χ2n) is 6.64. The van der Waals surface area contributed by atoms with Crippen LogP contribution in [0.4, 0.5) is 0 Å². The summed E-state index contributed by atoms with van der Waals surface area (Å²) in [5.74, 6) is -1.42. The fourth-order valence-electron chi connectivity index (χ4n) is 2.28. The zero-order valence-corrected chi connectivity index (χ0v) is 18.1. The van der Waals surface area contributed by atoms with Gasteiger partial charge in [-0.15, -0.1) is 0 Å². The summed E-state index contributed by atoms with van der Waals surface area (Å²) in [6.07, 6.45) is 2.14. The molecule has 0 atom stereocenters. The van der Waals surface area contributed by atoms with Gasteiger partial charge in [0.25, 0.3) is 0 Å². The fourth-order valence-corrected chi connectivity index (χ4v) is 6.33. The van der Waals surface area contributed by atoms with Crippen molar-refractivity contribution in [1.29, 1.82) is 0 Å². The molecule has 0 fully saturated rings. The molecule has 0 spiro atoms. The number of hydrogen-bond donors (Lipinski definition) is 0. The highest BCUT2D eigenvalue weighted by Gasteiger charge is 2.33. The lowest BCUT2D eigenvalue weighted by Gasteiger charge is -2.23. The topological polar surface area (TPSA) is 86.7 Å². The van der Waals surface area contributed by atoms with Crippen molar-refractivity contribution >= 4 is 29.8 Å². The molecule has 0 aliphatic heterocycles. The summed E-state index contributed by atoms with van der Waals surface area (Å²) in [6.45, 7) is 9.22. The van der Waals surface area contributed by atoms with E-state index in [9.17, 15) is 18.0 Å². The maximum absolute atomic E-state index is 13.3. The number of allylic oxidation sites excluding steroid dienone is 1. The molecule has 0 aliphatic rings. The van der Waals surface area contributed by atoms with Gasteiger partial charge in [-0.05, 0) is 31.2 Å². The van der Waals surface area contributed by atoms with Crippen LogP contribution in [-0.2, 0) is 28.9 Å². The zero-order valence-electron chi connectivity index (χ0n) is 16.3. The Morgan fingerprint density at radius 2 is 1.41 bits per heavy atom. The first-order chi connectivity index (χ1) is 12.5. The molecule has 1 aromatic rings. The van der Waals surface area contributed by atoms with E-state index in [0.717, 1.165) is 6.08 Å². The molecule has 27 heavy (non-hydrogen) atoms. The maximum Gasteiger partial charge on any atom is 0.332 e. The van der Waals surface area contributed by atoms with E-state index in [4.69, 9.17) is 9.47 Å². The first kappa shape index (κ1) is 22.8. The lowest BCUT2D eigenvalue weighted by atomic mass is 10.4. The van der Waals surface area contributed by atoms with Crippen LogP contribution in [-0.4, -0.2) is 41.6 Å². The Bertz CT molecular complexity index is 833. The van der Waals surface area contributed by atoms with Crippen molar-refractivity contribution in [2.24, 2.45) is 0 Å². The van der Waals surface area contributed by atoms with Crippen LogP contribution in [0.3, 0.4) is 0 Å². The first-order valence-electron chi connectivity index (χ1n) is 8.62. The Morgan fingerprint density at radius 1 is 0.926 bits per heavy atom. The first-order valence-corrected chi connectivity index (χ1v) is 13.6. The van der Waals surface area contributed by atoms with Crippen LogP contribution in [0, 0.1) is 0 Å². The van der Waals surface area contributed by atoms with Crippen LogP contribution in [0.25, 0.3) is 0 Å². The van der Waals surface area contributed by atoms with E-state index >= 15 is 0 Å². The van der Waals surface area contributed by atoms with Gasteiger partial charge in [-0.3, -0.25) is 0 Å². The average Bonchev–Trinajstić information content (AvgIpc) is 2.58. The van der Waals surface area contributed by atoms with E-state index in [1.165, 1.54) is 18.2 Å². The standard InChI is InChI=1S/C19H26O6SSi/c1-6-24-18(20)13-16(26(22,23)15-11-9-8-10-12-15)17(27(3,4)5)14-19(21)25-7-2/h8-14H,6-7H2,1-5H3/b16-13-,17-14+. The van der Waals surface area contributed by atoms with Crippen LogP contribution in [0.2, 0.25) is 19.6 Å². The molecule has 0 N–H and O–H groups in total. The number of carbonyl (C=O) groups excluding carboxylic acids is 2. The summed E-state index contributed by atoms with van der Waals surface area (Å²) in [5, 5.41) is 0.304. The van der Waals surface area contributed by atoms with Crippen molar-refractivity contribution < 1.29 is 27.5 Å². The smallest absolute Gasteiger partial charge is 0.332 e. The van der Waals surface area contributed by atoms with E-state index < -0.39 is 29.8 Å². The van der Waals surface area contributed by atoms with Crippen molar-refractivity contribution in [3.8, 4) is 0 Å². The quantitative estimate of drug-likeness (QED) is 0.283. The number of sulfone groups is 1. The zero-order chi connectivity index (χ0) is 20.7. The molecular weight excluding hydrogens is 384 g/mol. The maximum atomic E-state index is 13.3. The Labute approximate surface area is 161 Å². The molecule has 0 heterocycles. The highest BCUT2D eigenvalue weighted by Crippen LogP contribution is 2.31. The van der Waals surface area contributed by atoms with E-state index in [1.807, 2.05) is 19.6 Å². The number of benzene rings is 1. The number of esters is 2. The van der Waals surface area contributed by atoms with Crippen molar-refractivity contribution in [3.05, 3.63) is 52.6 Å². The molecule has 0 aliphatic carbocycles. The lowest BCUT2D eigenvalue weighted by molar-refractivity contribution is -0.138. The Balaban J connectivity index is 3.70. The van der Waals surface area contributed by atoms with Crippen LogP contribution in [0.15, 0.2) is 57.5 Å². The SMILES string of the molecule is CCOC(=O)/C=C(/C(=C\C(=O)OCC)[Si](C)(C)C)S(=O)(=O)c1ccccc1. The number of hydrogen-bond acceptors (Lipinski definition) is 6. The van der Waals surface area contributed by atoms with Crippen molar-refractivity contribution in [2.45, 2.75) is 38.4 Å². The monoisotopic (exact) mass is 410 g/mol. The Hall–Kier alpha value is -2.19. The molecular formula is C19H26O6SSi. The molecule has 0 amide bonds. The molecule has 0 aromatic heterocycles. The number of rotatable bonds is 8. The minimum atomic E-state index is -4.04. The third-order valence-corrected chi connectivity index (χ3v) is 7.52. The molecule has 1 rings (SSSR count). The van der Waals surface area contributed by atoms with Gasteiger partial charge in [0.15, 0.2) is 0 Å². The minimum absolute atomic E-state index is 0.0357. The van der Waals surface area contributed by atoms with Crippen molar-refractivity contribution in [3.63, 3.8) is 0 Å². The van der Waals surface area contributed by atoms with Crippen molar-refractivity contribution in [1.82, 2.24) is 0 Å². The van der Waals surface area contributed by atoms with Gasteiger partial charge in [-0.2, -0.15) is 0 Å². The number of ether oxygens (including phenoxy) is 2. The van der Waals surface area contributed by atoms with Gasteiger partial charge in [0, 0.05) is 12.2 Å². The molecule has 0 saturated carbocycles. The fraction of sp³-hybridized carbons (Fsp3) is 0.368. The van der Waals surface area contributed by atoms with E-state index in [-0.39, 0.29) is 23.0 Å².